The van der Waals surface area contributed by atoms with Gasteiger partial charge >= 0.3 is 6.18 Å². The van der Waals surface area contributed by atoms with Gasteiger partial charge in [0.1, 0.15) is 12.3 Å². The first-order valence-electron chi connectivity index (χ1n) is 12.0. The van der Waals surface area contributed by atoms with E-state index in [4.69, 9.17) is 5.73 Å². The quantitative estimate of drug-likeness (QED) is 0.216. The smallest absolute Gasteiger partial charge is 0.416 e. The van der Waals surface area contributed by atoms with Gasteiger partial charge in [0.2, 0.25) is 11.8 Å². The third-order valence-corrected chi connectivity index (χ3v) is 6.16. The second kappa shape index (κ2) is 10.2. The number of anilines is 1. The highest BCUT2D eigenvalue weighted by Gasteiger charge is 2.32. The lowest BCUT2D eigenvalue weighted by Crippen LogP contribution is -2.26. The molecule has 1 amide bonds. The number of fused-ring (bicyclic) bond motifs is 1. The molecular weight excluding hydrogens is 525 g/mol. The number of nitrogens with one attached hydrogen (secondary N) is 1. The Morgan fingerprint density at radius 3 is 2.38 bits per heavy atom. The summed E-state index contributed by atoms with van der Waals surface area (Å²) in [5, 5.41) is 26.7. The average molecular weight is 549 g/mol. The zero-order chi connectivity index (χ0) is 28.6. The highest BCUT2D eigenvalue weighted by molar-refractivity contribution is 6.21. The fraction of sp³-hybridized carbons (Fsp3) is 0.148. The van der Waals surface area contributed by atoms with Crippen LogP contribution in [-0.4, -0.2) is 41.5 Å². The van der Waals surface area contributed by atoms with Crippen molar-refractivity contribution in [2.75, 3.05) is 5.73 Å². The number of alkyl halides is 3. The second-order valence-corrected chi connectivity index (χ2v) is 9.17. The monoisotopic (exact) mass is 548 g/mol. The van der Waals surface area contributed by atoms with E-state index < -0.39 is 17.6 Å². The molecule has 2 aromatic heterocycles. The first-order valence-corrected chi connectivity index (χ1v) is 12.0. The van der Waals surface area contributed by atoms with Crippen molar-refractivity contribution < 1.29 is 23.1 Å². The number of rotatable bonds is 6. The summed E-state index contributed by atoms with van der Waals surface area (Å²) in [5.41, 5.74) is 10.2. The first kappa shape index (κ1) is 26.4. The number of nitrogens with two attached hydrogens (primary N) is 1. The number of carbonyl (C=O) groups is 1. The molecule has 0 radical (unpaired) electrons. The molecule has 2 heterocycles. The van der Waals surface area contributed by atoms with Crippen LogP contribution in [0.3, 0.4) is 0 Å². The van der Waals surface area contributed by atoms with Crippen LogP contribution in [0.25, 0.3) is 16.6 Å². The number of nitrogens with zero attached hydrogens (tertiary/aromatic N) is 6. The number of hydrogen-bond acceptors (Lipinski definition) is 7. The Morgan fingerprint density at radius 1 is 1.05 bits per heavy atom. The molecule has 0 unspecified atom stereocenters. The van der Waals surface area contributed by atoms with Gasteiger partial charge in [-0.1, -0.05) is 47.6 Å². The number of halogens is 3. The fourth-order valence-corrected chi connectivity index (χ4v) is 4.50. The van der Waals surface area contributed by atoms with Crippen molar-refractivity contribution >= 4 is 28.5 Å². The molecular formula is C27H23F3N8O2. The lowest BCUT2D eigenvalue weighted by molar-refractivity contribution is -0.137. The Kier molecular flexibility index (Phi) is 6.71. The third kappa shape index (κ3) is 5.08. The number of benzene rings is 3. The van der Waals surface area contributed by atoms with Crippen LogP contribution in [-0.2, 0) is 17.5 Å². The van der Waals surface area contributed by atoms with Crippen molar-refractivity contribution in [3.8, 4) is 11.6 Å². The molecule has 0 fully saturated rings. The normalized spacial score (nSPS) is 12.2. The molecule has 0 aliphatic carbocycles. The zero-order valence-electron chi connectivity index (χ0n) is 21.3. The first-order chi connectivity index (χ1) is 19.0. The number of tetrazole rings is 1. The Bertz CT molecular complexity index is 1740. The van der Waals surface area contributed by atoms with Gasteiger partial charge in [-0.3, -0.25) is 9.36 Å². The highest BCUT2D eigenvalue weighted by Crippen LogP contribution is 2.39. The van der Waals surface area contributed by atoms with Crippen LogP contribution in [0.2, 0.25) is 0 Å². The van der Waals surface area contributed by atoms with Crippen LogP contribution in [0.4, 0.5) is 19.1 Å². The predicted molar refractivity (Wildman–Crippen MR) is 142 cm³/mol. The molecule has 204 valence electrons. The number of carbonyl (C=O) groups excluding carboxylic acids is 1. The summed E-state index contributed by atoms with van der Waals surface area (Å²) >= 11 is 0. The van der Waals surface area contributed by atoms with Gasteiger partial charge in [-0.25, -0.2) is 10.1 Å². The number of aromatic nitrogens is 5. The molecule has 4 N–H and O–H groups in total. The van der Waals surface area contributed by atoms with E-state index in [-0.39, 0.29) is 35.2 Å². The van der Waals surface area contributed by atoms with Crippen LogP contribution in [0.15, 0.2) is 71.8 Å². The Hall–Kier alpha value is -5.20. The van der Waals surface area contributed by atoms with Gasteiger partial charge in [-0.05, 0) is 59.7 Å². The molecule has 3 aromatic carbocycles. The van der Waals surface area contributed by atoms with Crippen molar-refractivity contribution in [1.82, 2.24) is 30.2 Å². The van der Waals surface area contributed by atoms with E-state index >= 15 is 0 Å². The molecule has 0 aliphatic heterocycles. The van der Waals surface area contributed by atoms with E-state index in [0.717, 1.165) is 27.9 Å². The SMILES string of the molecule is Cc1cc(C)cc(-n2c(O)c(C(=NNC(=O)Cn3nnnc3N)c3ccccc3)c3ccc(C(F)(F)F)cc32)c1. The lowest BCUT2D eigenvalue weighted by Gasteiger charge is -2.12. The van der Waals surface area contributed by atoms with Gasteiger partial charge in [-0.15, -0.1) is 0 Å². The number of amides is 1. The van der Waals surface area contributed by atoms with E-state index in [0.29, 0.717) is 16.6 Å². The molecule has 40 heavy (non-hydrogen) atoms. The number of hydrazone groups is 1. The van der Waals surface area contributed by atoms with Crippen molar-refractivity contribution in [2.45, 2.75) is 26.6 Å². The van der Waals surface area contributed by atoms with Crippen molar-refractivity contribution in [3.05, 3.63) is 94.5 Å². The predicted octanol–water partition coefficient (Wildman–Crippen LogP) is 4.11. The van der Waals surface area contributed by atoms with Gasteiger partial charge in [0.25, 0.3) is 5.91 Å². The van der Waals surface area contributed by atoms with Crippen molar-refractivity contribution in [2.24, 2.45) is 5.10 Å². The van der Waals surface area contributed by atoms with Crippen LogP contribution >= 0.6 is 0 Å². The molecule has 0 aliphatic rings. The number of aromatic hydroxyl groups is 1. The van der Waals surface area contributed by atoms with Crippen LogP contribution in [0.5, 0.6) is 5.88 Å². The molecule has 5 rings (SSSR count). The van der Waals surface area contributed by atoms with E-state index in [9.17, 15) is 23.1 Å². The maximum absolute atomic E-state index is 13.7. The third-order valence-electron chi connectivity index (χ3n) is 6.16. The topological polar surface area (TPSA) is 136 Å². The minimum absolute atomic E-state index is 0.0722. The molecule has 5 aromatic rings. The molecule has 0 atom stereocenters. The Balaban J connectivity index is 1.72. The van der Waals surface area contributed by atoms with E-state index in [1.807, 2.05) is 19.9 Å². The maximum atomic E-state index is 13.7. The maximum Gasteiger partial charge on any atom is 0.416 e. The standard InChI is InChI=1S/C27H23F3N8O2/c1-15-10-16(2)12-19(11-15)38-21-13-18(27(28,29)30)8-9-20(21)23(25(38)40)24(17-6-4-3-5-7-17)33-32-22(39)14-37-26(31)34-35-36-37/h3-13,40H,14H2,1-2H3,(H,32,39)(H2,31,34,36). The summed E-state index contributed by atoms with van der Waals surface area (Å²) in [6.45, 7) is 3.37. The Labute approximate surface area is 225 Å². The van der Waals surface area contributed by atoms with Gasteiger partial charge in [0, 0.05) is 16.6 Å². The molecule has 0 saturated carbocycles. The van der Waals surface area contributed by atoms with Gasteiger partial charge < -0.3 is 10.8 Å². The molecule has 0 bridgehead atoms. The minimum atomic E-state index is -4.61. The lowest BCUT2D eigenvalue weighted by atomic mass is 10.0. The van der Waals surface area contributed by atoms with Crippen LogP contribution in [0, 0.1) is 13.8 Å². The summed E-state index contributed by atoms with van der Waals surface area (Å²) in [6, 6.07) is 17.3. The molecule has 10 nitrogen and oxygen atoms in total. The van der Waals surface area contributed by atoms with Crippen LogP contribution in [0.1, 0.15) is 27.8 Å². The zero-order valence-corrected chi connectivity index (χ0v) is 21.3. The van der Waals surface area contributed by atoms with Crippen LogP contribution < -0.4 is 11.2 Å². The fourth-order valence-electron chi connectivity index (χ4n) is 4.50. The Morgan fingerprint density at radius 2 is 1.75 bits per heavy atom. The molecule has 0 saturated heterocycles. The summed E-state index contributed by atoms with van der Waals surface area (Å²) in [5.74, 6) is -1.04. The largest absolute Gasteiger partial charge is 0.494 e. The average Bonchev–Trinajstić information content (AvgIpc) is 3.43. The second-order valence-electron chi connectivity index (χ2n) is 9.17. The number of aryl methyl sites for hydroxylation is 2. The van der Waals surface area contributed by atoms with Crippen molar-refractivity contribution in [1.29, 1.82) is 0 Å². The minimum Gasteiger partial charge on any atom is -0.494 e. The van der Waals surface area contributed by atoms with Gasteiger partial charge in [-0.2, -0.15) is 18.3 Å². The highest BCUT2D eigenvalue weighted by atomic mass is 19.4. The van der Waals surface area contributed by atoms with E-state index in [2.05, 4.69) is 26.1 Å². The summed E-state index contributed by atoms with van der Waals surface area (Å²) < 4.78 is 43.6. The summed E-state index contributed by atoms with van der Waals surface area (Å²) in [4.78, 5) is 12.7. The van der Waals surface area contributed by atoms with Crippen molar-refractivity contribution in [3.63, 3.8) is 0 Å². The van der Waals surface area contributed by atoms with Gasteiger partial charge in [0.05, 0.1) is 16.6 Å². The van der Waals surface area contributed by atoms with Gasteiger partial charge in [0.15, 0.2) is 0 Å². The summed E-state index contributed by atoms with van der Waals surface area (Å²) in [7, 11) is 0. The van der Waals surface area contributed by atoms with E-state index in [1.54, 1.807) is 42.5 Å². The number of nitrogen functional groups attached to an aromatic ring is 1. The number of hydrogen-bond donors (Lipinski definition) is 3. The van der Waals surface area contributed by atoms with E-state index in [1.165, 1.54) is 10.6 Å². The molecule has 0 spiro atoms. The summed E-state index contributed by atoms with van der Waals surface area (Å²) in [6.07, 6.45) is -4.61. The molecule has 13 heteroatoms.